The van der Waals surface area contributed by atoms with E-state index >= 15 is 4.39 Å². The van der Waals surface area contributed by atoms with Gasteiger partial charge in [-0.05, 0) is 17.7 Å². The number of benzene rings is 1. The van der Waals surface area contributed by atoms with E-state index in [4.69, 9.17) is 39.0 Å². The number of nitrogens with zero attached hydrogens (tertiary/aromatic N) is 7. The maximum Gasteiger partial charge on any atom is 0.386 e. The number of nitrogens with two attached hydrogens (primary N) is 2. The molecule has 2 bridgehead atoms. The first-order valence-electron chi connectivity index (χ1n) is 13.4. The van der Waals surface area contributed by atoms with Gasteiger partial charge in [0, 0.05) is 0 Å². The summed E-state index contributed by atoms with van der Waals surface area (Å²) in [5, 5.41) is 8.15. The largest absolute Gasteiger partial charge is 0.386 e. The molecule has 3 aliphatic heterocycles. The number of alkyl halides is 1. The van der Waals surface area contributed by atoms with Crippen LogP contribution in [0.15, 0.2) is 43.0 Å². The van der Waals surface area contributed by atoms with Gasteiger partial charge in [0.1, 0.15) is 41.8 Å². The van der Waals surface area contributed by atoms with Crippen molar-refractivity contribution in [3.63, 3.8) is 0 Å². The highest BCUT2D eigenvalue weighted by Gasteiger charge is 2.52. The molecule has 0 unspecified atom stereocenters. The summed E-state index contributed by atoms with van der Waals surface area (Å²) in [5.74, 6) is -0.672. The molecular weight excluding hydrogens is 691 g/mol. The molecule has 3 aliphatic rings. The number of nitrogen functional groups attached to an aromatic ring is 1. The molecule has 46 heavy (non-hydrogen) atoms. The van der Waals surface area contributed by atoms with E-state index < -0.39 is 75.8 Å². The van der Waals surface area contributed by atoms with Crippen LogP contribution < -0.4 is 11.5 Å². The van der Waals surface area contributed by atoms with Crippen LogP contribution in [0.2, 0.25) is 0 Å². The normalized spacial score (nSPS) is 35.5. The molecule has 4 N–H and O–H groups in total. The summed E-state index contributed by atoms with van der Waals surface area (Å²) in [7, 11) is 0. The molecule has 23 heteroatoms. The second-order valence-electron chi connectivity index (χ2n) is 10.4. The van der Waals surface area contributed by atoms with Crippen LogP contribution in [0, 0.1) is 0 Å². The van der Waals surface area contributed by atoms with Crippen LogP contribution in [0.1, 0.15) is 22.8 Å². The van der Waals surface area contributed by atoms with Gasteiger partial charge in [0.2, 0.25) is 0 Å². The summed E-state index contributed by atoms with van der Waals surface area (Å²) in [6, 6.07) is 4.64. The Bertz CT molecular complexity index is 1980. The molecule has 244 valence electrons. The van der Waals surface area contributed by atoms with Crippen molar-refractivity contribution >= 4 is 72.0 Å². The zero-order chi connectivity index (χ0) is 32.5. The second kappa shape index (κ2) is 11.6. The predicted octanol–water partition coefficient (Wildman–Crippen LogP) is 2.53. The number of fused-ring (bicyclic) bond motifs is 5. The first-order chi connectivity index (χ1) is 21.8. The van der Waals surface area contributed by atoms with Gasteiger partial charge in [-0.1, -0.05) is 42.4 Å². The minimum Gasteiger partial charge on any atom is -0.382 e. The molecule has 0 spiro atoms. The third-order valence-corrected chi connectivity index (χ3v) is 10.8. The predicted molar refractivity (Wildman–Crippen MR) is 162 cm³/mol. The van der Waals surface area contributed by atoms with Gasteiger partial charge in [0.25, 0.3) is 5.91 Å². The molecule has 0 saturated carbocycles. The fourth-order valence-corrected chi connectivity index (χ4v) is 8.31. The number of amides is 1. The number of primary amides is 1. The summed E-state index contributed by atoms with van der Waals surface area (Å²) in [6.07, 6.45) is -7.44. The van der Waals surface area contributed by atoms with Crippen molar-refractivity contribution in [3.05, 3.63) is 48.6 Å². The van der Waals surface area contributed by atoms with Crippen LogP contribution in [-0.2, 0) is 36.7 Å². The Morgan fingerprint density at radius 1 is 1.04 bits per heavy atom. The van der Waals surface area contributed by atoms with E-state index in [1.165, 1.54) is 28.0 Å². The number of aromatic nitrogens is 7. The van der Waals surface area contributed by atoms with E-state index in [1.54, 1.807) is 12.1 Å². The van der Waals surface area contributed by atoms with E-state index in [1.807, 2.05) is 0 Å². The quantitative estimate of drug-likeness (QED) is 0.136. The zero-order valence-electron chi connectivity index (χ0n) is 23.2. The number of rotatable bonds is 3. The smallest absolute Gasteiger partial charge is 0.382 e. The fraction of sp³-hybridized carbons (Fsp3) is 0.391. The van der Waals surface area contributed by atoms with Crippen LogP contribution in [0.4, 0.5) is 10.2 Å². The van der Waals surface area contributed by atoms with Crippen LogP contribution >= 0.6 is 38.1 Å². The SMILES string of the molecule is C=C1[C@H]2O[P@@](=O)(S)OC[C@H]3O[C@@H](n4cnc5c(N)ncnc54)[C@H](F)[C@@H]3O[P@](=O)(S)OC[C@H]1O[C@H]2n1nnc2c(C(N)=O)cccc21. The Morgan fingerprint density at radius 3 is 2.59 bits per heavy atom. The summed E-state index contributed by atoms with van der Waals surface area (Å²) >= 11 is 8.19. The molecule has 1 amide bonds. The highest BCUT2D eigenvalue weighted by molar-refractivity contribution is 8.44. The lowest BCUT2D eigenvalue weighted by atomic mass is 10.1. The lowest BCUT2D eigenvalue weighted by molar-refractivity contribution is -0.0599. The van der Waals surface area contributed by atoms with E-state index in [0.717, 1.165) is 0 Å². The number of thiol groups is 2. The summed E-state index contributed by atoms with van der Waals surface area (Å²) in [5.41, 5.74) is 12.5. The Kier molecular flexibility index (Phi) is 7.99. The number of halogens is 1. The average molecular weight is 716 g/mol. The molecule has 6 heterocycles. The molecule has 1 aromatic carbocycles. The van der Waals surface area contributed by atoms with Gasteiger partial charge < -0.3 is 20.9 Å². The number of carbonyl (C=O) groups excluding carboxylic acids is 1. The van der Waals surface area contributed by atoms with Crippen LogP contribution in [-0.4, -0.2) is 84.2 Å². The molecule has 9 atom stereocenters. The van der Waals surface area contributed by atoms with Gasteiger partial charge in [0.05, 0.1) is 30.6 Å². The van der Waals surface area contributed by atoms with Crippen molar-refractivity contribution in [2.45, 2.75) is 43.0 Å². The minimum absolute atomic E-state index is 0.0599. The molecule has 18 nitrogen and oxygen atoms in total. The molecule has 7 rings (SSSR count). The van der Waals surface area contributed by atoms with Crippen molar-refractivity contribution in [2.24, 2.45) is 5.73 Å². The van der Waals surface area contributed by atoms with Crippen molar-refractivity contribution in [3.8, 4) is 0 Å². The van der Waals surface area contributed by atoms with E-state index in [-0.39, 0.29) is 33.6 Å². The number of imidazole rings is 1. The Hall–Kier alpha value is -2.97. The standard InChI is InChI=1S/C23H24FN9O9P2S2/c1-9-12-5-37-44(36,46)42-18-13(40-22(14(18)24)32-8-29-16-19(25)27-7-28-21(16)32)6-38-43(35,45)41-17(9)23(39-12)33-11-4-2-3-10(20(26)34)15(11)30-31-33/h2-4,7-8,12-14,17-18,22-23H,1,5-6H2,(H2,26,34)(H,35,45)(H,36,46)(H2,25,27,28)/t12-,13-,14-,17-,18-,22-,23-,43+,44-/m1/s1. The van der Waals surface area contributed by atoms with Crippen molar-refractivity contribution in [2.75, 3.05) is 18.9 Å². The Labute approximate surface area is 268 Å². The van der Waals surface area contributed by atoms with Crippen molar-refractivity contribution in [1.29, 1.82) is 0 Å². The second-order valence-corrected chi connectivity index (χ2v) is 16.1. The molecule has 4 aromatic rings. The molecule has 3 aromatic heterocycles. The molecule has 3 saturated heterocycles. The van der Waals surface area contributed by atoms with Gasteiger partial charge in [-0.25, -0.2) is 33.2 Å². The topological polar surface area (TPSA) is 233 Å². The number of anilines is 1. The number of carbonyl (C=O) groups is 1. The molecule has 3 fully saturated rings. The molecular formula is C23H24FN9O9P2S2. The summed E-state index contributed by atoms with van der Waals surface area (Å²) in [4.78, 5) is 24.0. The van der Waals surface area contributed by atoms with E-state index in [9.17, 15) is 13.9 Å². The van der Waals surface area contributed by atoms with Gasteiger partial charge >= 0.3 is 13.6 Å². The van der Waals surface area contributed by atoms with Gasteiger partial charge in [-0.2, -0.15) is 0 Å². The van der Waals surface area contributed by atoms with Crippen LogP contribution in [0.3, 0.4) is 0 Å². The fourth-order valence-electron chi connectivity index (χ4n) is 5.42. The van der Waals surface area contributed by atoms with Gasteiger partial charge in [0.15, 0.2) is 30.1 Å². The lowest BCUT2D eigenvalue weighted by Crippen LogP contribution is -2.33. The van der Waals surface area contributed by atoms with Gasteiger partial charge in [-0.3, -0.25) is 27.5 Å². The average Bonchev–Trinajstić information content (AvgIpc) is 3.76. The maximum absolute atomic E-state index is 16.0. The highest BCUT2D eigenvalue weighted by Crippen LogP contribution is 2.60. The summed E-state index contributed by atoms with van der Waals surface area (Å²) in [6.45, 7) is -5.74. The van der Waals surface area contributed by atoms with E-state index in [2.05, 4.69) is 56.3 Å². The van der Waals surface area contributed by atoms with Crippen LogP contribution in [0.25, 0.3) is 22.2 Å². The van der Waals surface area contributed by atoms with Crippen LogP contribution in [0.5, 0.6) is 0 Å². The zero-order valence-corrected chi connectivity index (χ0v) is 26.8. The third kappa shape index (κ3) is 5.53. The van der Waals surface area contributed by atoms with E-state index in [0.29, 0.717) is 5.52 Å². The Balaban J connectivity index is 1.20. The number of ether oxygens (including phenoxy) is 2. The van der Waals surface area contributed by atoms with Crippen molar-refractivity contribution in [1.82, 2.24) is 34.5 Å². The minimum atomic E-state index is -4.33. The molecule has 0 radical (unpaired) electrons. The first kappa shape index (κ1) is 31.6. The highest BCUT2D eigenvalue weighted by atomic mass is 32.7. The number of hydrogen-bond donors (Lipinski definition) is 4. The monoisotopic (exact) mass is 715 g/mol. The number of hydrogen-bond acceptors (Lipinski definition) is 15. The summed E-state index contributed by atoms with van der Waals surface area (Å²) < 4.78 is 80.1. The first-order valence-corrected chi connectivity index (χ1v) is 18.7. The third-order valence-electron chi connectivity index (χ3n) is 7.57. The lowest BCUT2D eigenvalue weighted by Gasteiger charge is -2.25. The maximum atomic E-state index is 16.0. The molecule has 0 aliphatic carbocycles. The van der Waals surface area contributed by atoms with Gasteiger partial charge in [-0.15, -0.1) is 5.10 Å². The Morgan fingerprint density at radius 2 is 1.80 bits per heavy atom. The van der Waals surface area contributed by atoms with Crippen molar-refractivity contribution < 1.29 is 45.9 Å².